The summed E-state index contributed by atoms with van der Waals surface area (Å²) in [5.74, 6) is -0.631. The zero-order valence-electron chi connectivity index (χ0n) is 15.1. The molecule has 2 fully saturated rings. The lowest BCUT2D eigenvalue weighted by Gasteiger charge is -2.41. The standard InChI is InChI=1S/C19H26F3N3O/c1-24-11-8-15(9-12-24)25-10-4-5-14(13-25)23-18(26)16-6-2-3-7-17(16)19(20,21)22/h2-3,6-7,14-15H,4-5,8-13H2,1H3,(H,23,26). The Balaban J connectivity index is 1.63. The number of carbonyl (C=O) groups excluding carboxylic acids is 1. The average molecular weight is 369 g/mol. The molecule has 0 radical (unpaired) electrons. The number of hydrogen-bond donors (Lipinski definition) is 1. The number of benzene rings is 1. The number of hydrogen-bond acceptors (Lipinski definition) is 3. The van der Waals surface area contributed by atoms with Gasteiger partial charge in [0.2, 0.25) is 0 Å². The maximum absolute atomic E-state index is 13.1. The lowest BCUT2D eigenvalue weighted by Crippen LogP contribution is -2.53. The molecule has 2 saturated heterocycles. The Morgan fingerprint density at radius 3 is 2.50 bits per heavy atom. The highest BCUT2D eigenvalue weighted by atomic mass is 19.4. The second-order valence-electron chi connectivity index (χ2n) is 7.39. The van der Waals surface area contributed by atoms with Gasteiger partial charge < -0.3 is 10.2 Å². The Kier molecular flexibility index (Phi) is 5.87. The van der Waals surface area contributed by atoms with Crippen LogP contribution in [-0.4, -0.2) is 61.0 Å². The van der Waals surface area contributed by atoms with Crippen LogP contribution in [0.5, 0.6) is 0 Å². The number of alkyl halides is 3. The molecule has 7 heteroatoms. The fourth-order valence-electron chi connectivity index (χ4n) is 4.01. The van der Waals surface area contributed by atoms with Gasteiger partial charge in [-0.3, -0.25) is 9.69 Å². The van der Waals surface area contributed by atoms with Crippen LogP contribution in [0, 0.1) is 0 Å². The van der Waals surface area contributed by atoms with Gasteiger partial charge in [-0.05, 0) is 64.5 Å². The normalized spacial score (nSPS) is 23.8. The molecule has 3 rings (SSSR count). The monoisotopic (exact) mass is 369 g/mol. The van der Waals surface area contributed by atoms with Gasteiger partial charge in [0.15, 0.2) is 0 Å². The Labute approximate surface area is 152 Å². The molecule has 0 saturated carbocycles. The van der Waals surface area contributed by atoms with Gasteiger partial charge in [0, 0.05) is 18.6 Å². The van der Waals surface area contributed by atoms with Crippen molar-refractivity contribution in [2.45, 2.75) is 43.9 Å². The number of likely N-dealkylation sites (tertiary alicyclic amines) is 2. The number of halogens is 3. The maximum atomic E-state index is 13.1. The summed E-state index contributed by atoms with van der Waals surface area (Å²) in [5.41, 5.74) is -1.17. The molecule has 1 unspecified atom stereocenters. The van der Waals surface area contributed by atoms with Crippen LogP contribution >= 0.6 is 0 Å². The highest BCUT2D eigenvalue weighted by Crippen LogP contribution is 2.32. The molecular formula is C19H26F3N3O. The molecule has 1 aromatic rings. The number of nitrogens with zero attached hydrogens (tertiary/aromatic N) is 2. The van der Waals surface area contributed by atoms with Crippen molar-refractivity contribution in [3.63, 3.8) is 0 Å². The van der Waals surface area contributed by atoms with Gasteiger partial charge in [-0.1, -0.05) is 12.1 Å². The third-order valence-electron chi connectivity index (χ3n) is 5.47. The van der Waals surface area contributed by atoms with Crippen molar-refractivity contribution in [1.29, 1.82) is 0 Å². The van der Waals surface area contributed by atoms with Crippen molar-refractivity contribution in [3.05, 3.63) is 35.4 Å². The molecule has 0 aliphatic carbocycles. The molecule has 2 aliphatic heterocycles. The van der Waals surface area contributed by atoms with E-state index in [0.717, 1.165) is 51.4 Å². The summed E-state index contributed by atoms with van der Waals surface area (Å²) in [6, 6.07) is 5.39. The molecule has 1 N–H and O–H groups in total. The van der Waals surface area contributed by atoms with E-state index < -0.39 is 17.6 Å². The van der Waals surface area contributed by atoms with Crippen molar-refractivity contribution in [2.24, 2.45) is 0 Å². The SMILES string of the molecule is CN1CCC(N2CCCC(NC(=O)c3ccccc3C(F)(F)F)C2)CC1. The first-order chi connectivity index (χ1) is 12.3. The van der Waals surface area contributed by atoms with E-state index >= 15 is 0 Å². The Morgan fingerprint density at radius 1 is 1.12 bits per heavy atom. The van der Waals surface area contributed by atoms with Gasteiger partial charge in [-0.25, -0.2) is 0 Å². The van der Waals surface area contributed by atoms with Crippen LogP contribution in [0.25, 0.3) is 0 Å². The maximum Gasteiger partial charge on any atom is 0.417 e. The van der Waals surface area contributed by atoms with Crippen LogP contribution in [0.4, 0.5) is 13.2 Å². The fourth-order valence-corrected chi connectivity index (χ4v) is 4.01. The molecule has 0 bridgehead atoms. The minimum atomic E-state index is -4.53. The summed E-state index contributed by atoms with van der Waals surface area (Å²) < 4.78 is 39.4. The van der Waals surface area contributed by atoms with Crippen LogP contribution in [0.1, 0.15) is 41.6 Å². The van der Waals surface area contributed by atoms with E-state index in [-0.39, 0.29) is 11.6 Å². The van der Waals surface area contributed by atoms with Crippen molar-refractivity contribution in [2.75, 3.05) is 33.2 Å². The lowest BCUT2D eigenvalue weighted by atomic mass is 9.97. The molecule has 144 valence electrons. The molecule has 0 aromatic heterocycles. The number of rotatable bonds is 3. The van der Waals surface area contributed by atoms with Gasteiger partial charge in [0.05, 0.1) is 11.1 Å². The van der Waals surface area contributed by atoms with E-state index in [1.807, 2.05) is 0 Å². The highest BCUT2D eigenvalue weighted by molar-refractivity contribution is 5.96. The van der Waals surface area contributed by atoms with Crippen LogP contribution in [0.3, 0.4) is 0 Å². The van der Waals surface area contributed by atoms with Gasteiger partial charge in [0.1, 0.15) is 0 Å². The van der Waals surface area contributed by atoms with Gasteiger partial charge in [0.25, 0.3) is 5.91 Å². The predicted octanol–water partition coefficient (Wildman–Crippen LogP) is 2.99. The smallest absolute Gasteiger partial charge is 0.348 e. The minimum Gasteiger partial charge on any atom is -0.348 e. The molecule has 1 amide bonds. The first-order valence-electron chi connectivity index (χ1n) is 9.24. The third-order valence-corrected chi connectivity index (χ3v) is 5.47. The van der Waals surface area contributed by atoms with Gasteiger partial charge >= 0.3 is 6.18 Å². The first kappa shape index (κ1) is 19.2. The average Bonchev–Trinajstić information content (AvgIpc) is 2.62. The number of piperidine rings is 2. The summed E-state index contributed by atoms with van der Waals surface area (Å²) in [5, 5.41) is 2.83. The van der Waals surface area contributed by atoms with E-state index in [1.54, 1.807) is 0 Å². The second kappa shape index (κ2) is 7.96. The molecule has 4 nitrogen and oxygen atoms in total. The molecule has 26 heavy (non-hydrogen) atoms. The summed E-state index contributed by atoms with van der Waals surface area (Å²) in [4.78, 5) is 17.2. The third kappa shape index (κ3) is 4.57. The van der Waals surface area contributed by atoms with E-state index in [1.165, 1.54) is 18.2 Å². The summed E-state index contributed by atoms with van der Waals surface area (Å²) in [7, 11) is 2.12. The van der Waals surface area contributed by atoms with Crippen molar-refractivity contribution in [1.82, 2.24) is 15.1 Å². The quantitative estimate of drug-likeness (QED) is 0.890. The lowest BCUT2D eigenvalue weighted by molar-refractivity contribution is -0.137. The first-order valence-corrected chi connectivity index (χ1v) is 9.24. The van der Waals surface area contributed by atoms with Crippen LogP contribution < -0.4 is 5.32 Å². The molecule has 1 atom stereocenters. The molecule has 0 spiro atoms. The Hall–Kier alpha value is -1.60. The molecule has 1 aromatic carbocycles. The number of amides is 1. The van der Waals surface area contributed by atoms with E-state index in [2.05, 4.69) is 22.2 Å². The van der Waals surface area contributed by atoms with E-state index in [0.29, 0.717) is 12.6 Å². The Bertz CT molecular complexity index is 627. The predicted molar refractivity (Wildman–Crippen MR) is 94.0 cm³/mol. The molecule has 2 aliphatic rings. The van der Waals surface area contributed by atoms with Crippen LogP contribution in [0.15, 0.2) is 24.3 Å². The highest BCUT2D eigenvalue weighted by Gasteiger charge is 2.35. The van der Waals surface area contributed by atoms with E-state index in [4.69, 9.17) is 0 Å². The van der Waals surface area contributed by atoms with Crippen molar-refractivity contribution in [3.8, 4) is 0 Å². The number of carbonyl (C=O) groups is 1. The van der Waals surface area contributed by atoms with Crippen LogP contribution in [-0.2, 0) is 6.18 Å². The van der Waals surface area contributed by atoms with E-state index in [9.17, 15) is 18.0 Å². The van der Waals surface area contributed by atoms with Crippen molar-refractivity contribution < 1.29 is 18.0 Å². The zero-order valence-corrected chi connectivity index (χ0v) is 15.1. The van der Waals surface area contributed by atoms with Crippen LogP contribution in [0.2, 0.25) is 0 Å². The summed E-state index contributed by atoms with van der Waals surface area (Å²) in [6.07, 6.45) is -0.552. The topological polar surface area (TPSA) is 35.6 Å². The molecular weight excluding hydrogens is 343 g/mol. The van der Waals surface area contributed by atoms with Gasteiger partial charge in [-0.2, -0.15) is 13.2 Å². The summed E-state index contributed by atoms with van der Waals surface area (Å²) >= 11 is 0. The minimum absolute atomic E-state index is 0.0998. The second-order valence-corrected chi connectivity index (χ2v) is 7.39. The fraction of sp³-hybridized carbons (Fsp3) is 0.632. The van der Waals surface area contributed by atoms with Gasteiger partial charge in [-0.15, -0.1) is 0 Å². The summed E-state index contributed by atoms with van der Waals surface area (Å²) in [6.45, 7) is 3.85. The zero-order chi connectivity index (χ0) is 18.7. The molecule has 2 heterocycles. The van der Waals surface area contributed by atoms with Crippen molar-refractivity contribution >= 4 is 5.91 Å². The Morgan fingerprint density at radius 2 is 1.81 bits per heavy atom. The largest absolute Gasteiger partial charge is 0.417 e. The number of nitrogens with one attached hydrogen (secondary N) is 1.